The number of amides is 4. The summed E-state index contributed by atoms with van der Waals surface area (Å²) in [6.45, 7) is 5.98. The van der Waals surface area contributed by atoms with E-state index in [2.05, 4.69) is 16.0 Å². The summed E-state index contributed by atoms with van der Waals surface area (Å²) in [5.74, 6) is -0.672. The van der Waals surface area contributed by atoms with Crippen molar-refractivity contribution in [3.8, 4) is 0 Å². The maximum absolute atomic E-state index is 12.7. The van der Waals surface area contributed by atoms with Crippen molar-refractivity contribution in [1.82, 2.24) is 10.6 Å². The van der Waals surface area contributed by atoms with E-state index in [-0.39, 0.29) is 12.5 Å². The number of hydrogen-bond donors (Lipinski definition) is 4. The van der Waals surface area contributed by atoms with Crippen molar-refractivity contribution >= 4 is 23.5 Å². The van der Waals surface area contributed by atoms with Crippen LogP contribution in [-0.2, 0) is 9.59 Å². The van der Waals surface area contributed by atoms with E-state index in [9.17, 15) is 14.4 Å². The summed E-state index contributed by atoms with van der Waals surface area (Å²) in [6, 6.07) is 11.9. The van der Waals surface area contributed by atoms with Crippen molar-refractivity contribution in [3.63, 3.8) is 0 Å². The van der Waals surface area contributed by atoms with Crippen LogP contribution in [0.25, 0.3) is 0 Å². The second-order valence-corrected chi connectivity index (χ2v) is 7.26. The fourth-order valence-electron chi connectivity index (χ4n) is 3.47. The van der Waals surface area contributed by atoms with E-state index in [1.165, 1.54) is 7.05 Å². The van der Waals surface area contributed by atoms with Gasteiger partial charge in [-0.1, -0.05) is 48.0 Å². The molecule has 0 heterocycles. The molecule has 154 valence electrons. The Balaban J connectivity index is 2.19. The number of anilines is 1. The first-order valence-corrected chi connectivity index (χ1v) is 9.50. The number of carbonyl (C=O) groups is 3. The quantitative estimate of drug-likeness (QED) is 0.591. The van der Waals surface area contributed by atoms with Crippen LogP contribution in [0, 0.1) is 20.8 Å². The van der Waals surface area contributed by atoms with Gasteiger partial charge >= 0.3 is 6.03 Å². The minimum atomic E-state index is -0.709. The van der Waals surface area contributed by atoms with Crippen LogP contribution in [0.15, 0.2) is 42.5 Å². The van der Waals surface area contributed by atoms with Crippen LogP contribution >= 0.6 is 0 Å². The van der Waals surface area contributed by atoms with Crippen LogP contribution in [-0.4, -0.2) is 38.5 Å². The molecule has 2 rings (SSSR count). The molecular weight excluding hydrogens is 368 g/mol. The van der Waals surface area contributed by atoms with Gasteiger partial charge in [0.05, 0.1) is 7.05 Å². The summed E-state index contributed by atoms with van der Waals surface area (Å²) in [7, 11) is 3.20. The number of benzene rings is 2. The van der Waals surface area contributed by atoms with E-state index in [4.69, 9.17) is 0 Å². The van der Waals surface area contributed by atoms with Gasteiger partial charge in [-0.25, -0.2) is 4.79 Å². The molecule has 0 saturated heterocycles. The number of rotatable bonds is 6. The lowest BCUT2D eigenvalue weighted by molar-refractivity contribution is -0.894. The first-order valence-electron chi connectivity index (χ1n) is 9.50. The van der Waals surface area contributed by atoms with Gasteiger partial charge < -0.3 is 15.5 Å². The van der Waals surface area contributed by atoms with Gasteiger partial charge in [-0.15, -0.1) is 0 Å². The molecule has 7 heteroatoms. The number of likely N-dealkylation sites (N-methyl/N-ethyl adjacent to an activating group) is 1. The predicted molar refractivity (Wildman–Crippen MR) is 113 cm³/mol. The molecule has 29 heavy (non-hydrogen) atoms. The van der Waals surface area contributed by atoms with E-state index < -0.39 is 18.0 Å². The average Bonchev–Trinajstić information content (AvgIpc) is 2.65. The van der Waals surface area contributed by atoms with Gasteiger partial charge in [0.25, 0.3) is 11.8 Å². The van der Waals surface area contributed by atoms with Crippen LogP contribution in [0.2, 0.25) is 0 Å². The number of carbonyl (C=O) groups excluding carboxylic acids is 3. The smallest absolute Gasteiger partial charge is 0.321 e. The van der Waals surface area contributed by atoms with Crippen molar-refractivity contribution in [3.05, 3.63) is 64.7 Å². The van der Waals surface area contributed by atoms with Crippen molar-refractivity contribution in [2.75, 3.05) is 26.0 Å². The molecule has 0 fully saturated rings. The molecule has 0 radical (unpaired) electrons. The van der Waals surface area contributed by atoms with E-state index in [0.717, 1.165) is 27.9 Å². The number of aryl methyl sites for hydroxylation is 3. The Morgan fingerprint density at radius 1 is 1.00 bits per heavy atom. The third-order valence-corrected chi connectivity index (χ3v) is 4.73. The lowest BCUT2D eigenvalue weighted by Crippen LogP contribution is -3.11. The van der Waals surface area contributed by atoms with Crippen LogP contribution < -0.4 is 20.9 Å². The number of imide groups is 1. The summed E-state index contributed by atoms with van der Waals surface area (Å²) >= 11 is 0. The normalized spacial score (nSPS) is 12.6. The Morgan fingerprint density at radius 2 is 1.59 bits per heavy atom. The molecule has 0 aliphatic carbocycles. The summed E-state index contributed by atoms with van der Waals surface area (Å²) in [5.41, 5.74) is 4.63. The third-order valence-electron chi connectivity index (χ3n) is 4.73. The van der Waals surface area contributed by atoms with Crippen molar-refractivity contribution in [2.45, 2.75) is 26.8 Å². The van der Waals surface area contributed by atoms with Crippen molar-refractivity contribution < 1.29 is 19.3 Å². The first kappa shape index (κ1) is 22.1. The Morgan fingerprint density at radius 3 is 2.14 bits per heavy atom. The zero-order chi connectivity index (χ0) is 21.6. The third kappa shape index (κ3) is 5.89. The van der Waals surface area contributed by atoms with Gasteiger partial charge in [0.15, 0.2) is 12.6 Å². The minimum absolute atomic E-state index is 0.0630. The number of hydrogen-bond acceptors (Lipinski definition) is 3. The van der Waals surface area contributed by atoms with Gasteiger partial charge in [-0.2, -0.15) is 0 Å². The number of urea groups is 1. The molecule has 7 nitrogen and oxygen atoms in total. The summed E-state index contributed by atoms with van der Waals surface area (Å²) in [6.07, 6.45) is 0. The standard InChI is InChI=1S/C22H28N4O3/c1-14-11-15(2)19(16(3)12-14)24-18(27)13-26(5)20(17-9-7-6-8-10-17)21(28)25-22(29)23-4/h6-12,20H,13H2,1-5H3,(H,24,27)(H2,23,25,28,29)/p+1/t20-/m0/s1. The molecule has 2 aromatic rings. The monoisotopic (exact) mass is 397 g/mol. The fourth-order valence-corrected chi connectivity index (χ4v) is 3.47. The molecule has 0 aliphatic rings. The molecule has 0 saturated carbocycles. The maximum Gasteiger partial charge on any atom is 0.321 e. The van der Waals surface area contributed by atoms with Crippen molar-refractivity contribution in [1.29, 1.82) is 0 Å². The summed E-state index contributed by atoms with van der Waals surface area (Å²) < 4.78 is 0. The highest BCUT2D eigenvalue weighted by Gasteiger charge is 2.31. The fraction of sp³-hybridized carbons (Fsp3) is 0.318. The Labute approximate surface area is 171 Å². The van der Waals surface area contributed by atoms with Crippen LogP contribution in [0.4, 0.5) is 10.5 Å². The molecular formula is C22H29N4O3+. The molecule has 0 aliphatic heterocycles. The van der Waals surface area contributed by atoms with Gasteiger partial charge in [0.2, 0.25) is 0 Å². The van der Waals surface area contributed by atoms with E-state index in [0.29, 0.717) is 4.90 Å². The zero-order valence-electron chi connectivity index (χ0n) is 17.6. The second kappa shape index (κ2) is 9.84. The van der Waals surface area contributed by atoms with E-state index in [1.807, 2.05) is 63.2 Å². The second-order valence-electron chi connectivity index (χ2n) is 7.26. The molecule has 2 atom stereocenters. The topological polar surface area (TPSA) is 91.7 Å². The van der Waals surface area contributed by atoms with E-state index >= 15 is 0 Å². The Hall–Kier alpha value is -3.19. The summed E-state index contributed by atoms with van der Waals surface area (Å²) in [5, 5.41) is 7.65. The number of quaternary nitrogens is 1. The Kier molecular flexibility index (Phi) is 7.50. The number of nitrogens with one attached hydrogen (secondary N) is 4. The average molecular weight is 397 g/mol. The van der Waals surface area contributed by atoms with Gasteiger partial charge in [0.1, 0.15) is 0 Å². The molecule has 4 N–H and O–H groups in total. The van der Waals surface area contributed by atoms with E-state index in [1.54, 1.807) is 7.05 Å². The highest BCUT2D eigenvalue weighted by molar-refractivity contribution is 5.97. The molecule has 0 bridgehead atoms. The van der Waals surface area contributed by atoms with Gasteiger partial charge in [0, 0.05) is 18.3 Å². The molecule has 1 unspecified atom stereocenters. The Bertz CT molecular complexity index is 873. The largest absolute Gasteiger partial charge is 0.341 e. The SMILES string of the molecule is CNC(=O)NC(=O)[C@H](c1ccccc1)[NH+](C)CC(=O)Nc1c(C)cc(C)cc1C. The predicted octanol–water partition coefficient (Wildman–Crippen LogP) is 1.26. The lowest BCUT2D eigenvalue weighted by Gasteiger charge is -2.24. The highest BCUT2D eigenvalue weighted by atomic mass is 16.2. The lowest BCUT2D eigenvalue weighted by atomic mass is 10.0. The minimum Gasteiger partial charge on any atom is -0.341 e. The molecule has 4 amide bonds. The maximum atomic E-state index is 12.7. The highest BCUT2D eigenvalue weighted by Crippen LogP contribution is 2.21. The van der Waals surface area contributed by atoms with Crippen molar-refractivity contribution in [2.24, 2.45) is 0 Å². The van der Waals surface area contributed by atoms with Crippen LogP contribution in [0.3, 0.4) is 0 Å². The molecule has 2 aromatic carbocycles. The first-order chi connectivity index (χ1) is 13.7. The molecule has 0 aromatic heterocycles. The zero-order valence-corrected chi connectivity index (χ0v) is 17.6. The van der Waals surface area contributed by atoms with Crippen LogP contribution in [0.5, 0.6) is 0 Å². The summed E-state index contributed by atoms with van der Waals surface area (Å²) in [4.78, 5) is 37.7. The van der Waals surface area contributed by atoms with Crippen LogP contribution in [0.1, 0.15) is 28.3 Å². The van der Waals surface area contributed by atoms with Gasteiger partial charge in [-0.05, 0) is 31.9 Å². The van der Waals surface area contributed by atoms with Gasteiger partial charge in [-0.3, -0.25) is 14.9 Å². The molecule has 0 spiro atoms.